The van der Waals surface area contributed by atoms with E-state index in [0.717, 1.165) is 5.56 Å². The lowest BCUT2D eigenvalue weighted by molar-refractivity contribution is -0.123. The lowest BCUT2D eigenvalue weighted by Gasteiger charge is -2.18. The molecule has 2 amide bonds. The predicted molar refractivity (Wildman–Crippen MR) is 107 cm³/mol. The van der Waals surface area contributed by atoms with Crippen molar-refractivity contribution in [3.05, 3.63) is 59.2 Å². The average molecular weight is 367 g/mol. The zero-order valence-electron chi connectivity index (χ0n) is 16.1. The SMILES string of the molecule is CC(=O)c1ccc(CNC(=O)c2cc(N)cc(NC(=O)C(C)(C)C)c2)cc1. The molecule has 0 saturated heterocycles. The first-order valence-electron chi connectivity index (χ1n) is 8.66. The van der Waals surface area contributed by atoms with Gasteiger partial charge in [0.1, 0.15) is 0 Å². The molecule has 2 rings (SSSR count). The highest BCUT2D eigenvalue weighted by Gasteiger charge is 2.21. The summed E-state index contributed by atoms with van der Waals surface area (Å²) < 4.78 is 0. The van der Waals surface area contributed by atoms with E-state index >= 15 is 0 Å². The molecule has 0 aliphatic rings. The van der Waals surface area contributed by atoms with Crippen LogP contribution in [0.3, 0.4) is 0 Å². The molecule has 0 aliphatic carbocycles. The molecule has 2 aromatic carbocycles. The summed E-state index contributed by atoms with van der Waals surface area (Å²) in [5, 5.41) is 5.59. The zero-order valence-corrected chi connectivity index (χ0v) is 16.1. The van der Waals surface area contributed by atoms with Crippen LogP contribution in [0, 0.1) is 5.41 Å². The first-order chi connectivity index (χ1) is 12.6. The number of hydrogen-bond donors (Lipinski definition) is 3. The summed E-state index contributed by atoms with van der Waals surface area (Å²) in [7, 11) is 0. The Kier molecular flexibility index (Phi) is 6.00. The molecule has 0 atom stereocenters. The van der Waals surface area contributed by atoms with Crippen LogP contribution in [-0.2, 0) is 11.3 Å². The molecule has 6 nitrogen and oxygen atoms in total. The normalized spacial score (nSPS) is 11.0. The number of carbonyl (C=O) groups is 3. The first kappa shape index (κ1) is 20.2. The van der Waals surface area contributed by atoms with Crippen LogP contribution in [0.1, 0.15) is 54.0 Å². The molecular weight excluding hydrogens is 342 g/mol. The van der Waals surface area contributed by atoms with E-state index in [1.807, 2.05) is 0 Å². The minimum absolute atomic E-state index is 0.00446. The van der Waals surface area contributed by atoms with Crippen molar-refractivity contribution in [3.63, 3.8) is 0 Å². The fraction of sp³-hybridized carbons (Fsp3) is 0.286. The Balaban J connectivity index is 2.07. The van der Waals surface area contributed by atoms with Crippen LogP contribution in [0.15, 0.2) is 42.5 Å². The Morgan fingerprint density at radius 1 is 0.963 bits per heavy atom. The molecule has 27 heavy (non-hydrogen) atoms. The zero-order chi connectivity index (χ0) is 20.2. The summed E-state index contributed by atoms with van der Waals surface area (Å²) in [5.41, 5.74) is 8.04. The maximum Gasteiger partial charge on any atom is 0.251 e. The lowest BCUT2D eigenvalue weighted by Crippen LogP contribution is -2.28. The van der Waals surface area contributed by atoms with E-state index in [4.69, 9.17) is 5.73 Å². The largest absolute Gasteiger partial charge is 0.399 e. The van der Waals surface area contributed by atoms with Gasteiger partial charge in [-0.3, -0.25) is 14.4 Å². The van der Waals surface area contributed by atoms with Crippen molar-refractivity contribution in [1.29, 1.82) is 0 Å². The van der Waals surface area contributed by atoms with Gasteiger partial charge in [0.2, 0.25) is 5.91 Å². The summed E-state index contributed by atoms with van der Waals surface area (Å²) in [6.07, 6.45) is 0. The lowest BCUT2D eigenvalue weighted by atomic mass is 9.95. The van der Waals surface area contributed by atoms with Gasteiger partial charge in [-0.25, -0.2) is 0 Å². The van der Waals surface area contributed by atoms with Crippen LogP contribution in [0.4, 0.5) is 11.4 Å². The molecule has 4 N–H and O–H groups in total. The number of amides is 2. The summed E-state index contributed by atoms with van der Waals surface area (Å²) >= 11 is 0. The van der Waals surface area contributed by atoms with E-state index < -0.39 is 5.41 Å². The first-order valence-corrected chi connectivity index (χ1v) is 8.66. The monoisotopic (exact) mass is 367 g/mol. The van der Waals surface area contributed by atoms with Gasteiger partial charge in [0.25, 0.3) is 5.91 Å². The van der Waals surface area contributed by atoms with Crippen LogP contribution in [0.25, 0.3) is 0 Å². The number of anilines is 2. The Labute approximate surface area is 159 Å². The van der Waals surface area contributed by atoms with Crippen molar-refractivity contribution in [1.82, 2.24) is 5.32 Å². The predicted octanol–water partition coefficient (Wildman–Crippen LogP) is 3.39. The van der Waals surface area contributed by atoms with Crippen molar-refractivity contribution < 1.29 is 14.4 Å². The molecule has 0 fully saturated rings. The molecule has 142 valence electrons. The van der Waals surface area contributed by atoms with Gasteiger partial charge in [-0.05, 0) is 30.7 Å². The number of benzene rings is 2. The molecule has 0 bridgehead atoms. The summed E-state index contributed by atoms with van der Waals surface area (Å²) in [4.78, 5) is 35.9. The second-order valence-corrected chi connectivity index (χ2v) is 7.48. The molecule has 6 heteroatoms. The third kappa shape index (κ3) is 5.67. The Bertz CT molecular complexity index is 865. The van der Waals surface area contributed by atoms with Gasteiger partial charge >= 0.3 is 0 Å². The van der Waals surface area contributed by atoms with Crippen molar-refractivity contribution in [3.8, 4) is 0 Å². The van der Waals surface area contributed by atoms with Gasteiger partial charge in [0.15, 0.2) is 5.78 Å². The molecule has 0 heterocycles. The fourth-order valence-corrected chi connectivity index (χ4v) is 2.32. The Morgan fingerprint density at radius 3 is 2.15 bits per heavy atom. The van der Waals surface area contributed by atoms with Gasteiger partial charge in [-0.2, -0.15) is 0 Å². The number of Topliss-reactive ketones (excluding diaryl/α,β-unsaturated/α-hetero) is 1. The third-order valence-corrected chi connectivity index (χ3v) is 3.97. The minimum atomic E-state index is -0.556. The molecule has 0 aromatic heterocycles. The smallest absolute Gasteiger partial charge is 0.251 e. The van der Waals surface area contributed by atoms with Gasteiger partial charge in [0, 0.05) is 34.5 Å². The summed E-state index contributed by atoms with van der Waals surface area (Å²) in [6, 6.07) is 11.8. The van der Waals surface area contributed by atoms with Crippen molar-refractivity contribution in [2.24, 2.45) is 5.41 Å². The number of hydrogen-bond acceptors (Lipinski definition) is 4. The Morgan fingerprint density at radius 2 is 1.59 bits per heavy atom. The fourth-order valence-electron chi connectivity index (χ4n) is 2.32. The second-order valence-electron chi connectivity index (χ2n) is 7.48. The highest BCUT2D eigenvalue weighted by molar-refractivity contribution is 5.99. The van der Waals surface area contributed by atoms with Crippen molar-refractivity contribution >= 4 is 29.0 Å². The van der Waals surface area contributed by atoms with E-state index in [0.29, 0.717) is 29.0 Å². The summed E-state index contributed by atoms with van der Waals surface area (Å²) in [6.45, 7) is 7.24. The number of nitrogens with two attached hydrogens (primary N) is 1. The second kappa shape index (κ2) is 8.03. The minimum Gasteiger partial charge on any atom is -0.399 e. The molecule has 0 spiro atoms. The Hall–Kier alpha value is -3.15. The molecule has 0 aliphatic heterocycles. The van der Waals surface area contributed by atoms with E-state index in [9.17, 15) is 14.4 Å². The number of rotatable bonds is 5. The standard InChI is InChI=1S/C21H25N3O3/c1-13(25)15-7-5-14(6-8-15)12-23-19(26)16-9-17(22)11-18(10-16)24-20(27)21(2,3)4/h5-11H,12,22H2,1-4H3,(H,23,26)(H,24,27). The van der Waals surface area contributed by atoms with Crippen LogP contribution in [0.5, 0.6) is 0 Å². The third-order valence-electron chi connectivity index (χ3n) is 3.97. The van der Waals surface area contributed by atoms with E-state index in [1.54, 1.807) is 63.2 Å². The van der Waals surface area contributed by atoms with Crippen molar-refractivity contribution in [2.75, 3.05) is 11.1 Å². The average Bonchev–Trinajstić information content (AvgIpc) is 2.58. The van der Waals surface area contributed by atoms with E-state index in [-0.39, 0.29) is 17.6 Å². The van der Waals surface area contributed by atoms with Crippen LogP contribution >= 0.6 is 0 Å². The van der Waals surface area contributed by atoms with E-state index in [1.165, 1.54) is 6.92 Å². The highest BCUT2D eigenvalue weighted by Crippen LogP contribution is 2.21. The molecule has 0 saturated carbocycles. The number of ketones is 1. The highest BCUT2D eigenvalue weighted by atomic mass is 16.2. The number of carbonyl (C=O) groups excluding carboxylic acids is 3. The van der Waals surface area contributed by atoms with Crippen LogP contribution in [0.2, 0.25) is 0 Å². The maximum absolute atomic E-state index is 12.4. The molecule has 0 unspecified atom stereocenters. The number of nitrogen functional groups attached to an aromatic ring is 1. The topological polar surface area (TPSA) is 101 Å². The quantitative estimate of drug-likeness (QED) is 0.557. The van der Waals surface area contributed by atoms with Gasteiger partial charge in [0.05, 0.1) is 0 Å². The van der Waals surface area contributed by atoms with E-state index in [2.05, 4.69) is 10.6 Å². The molecule has 0 radical (unpaired) electrons. The van der Waals surface area contributed by atoms with Gasteiger partial charge in [-0.15, -0.1) is 0 Å². The van der Waals surface area contributed by atoms with Gasteiger partial charge in [-0.1, -0.05) is 45.0 Å². The maximum atomic E-state index is 12.4. The van der Waals surface area contributed by atoms with Gasteiger partial charge < -0.3 is 16.4 Å². The van der Waals surface area contributed by atoms with Crippen LogP contribution < -0.4 is 16.4 Å². The van der Waals surface area contributed by atoms with Crippen molar-refractivity contribution in [2.45, 2.75) is 34.2 Å². The van der Waals surface area contributed by atoms with Crippen LogP contribution in [-0.4, -0.2) is 17.6 Å². The number of nitrogens with one attached hydrogen (secondary N) is 2. The molecular formula is C21H25N3O3. The molecule has 2 aromatic rings. The summed E-state index contributed by atoms with van der Waals surface area (Å²) in [5.74, 6) is -0.468.